The minimum atomic E-state index is -3.45. The molecule has 2 fully saturated rings. The summed E-state index contributed by atoms with van der Waals surface area (Å²) in [7, 11) is -3.45. The summed E-state index contributed by atoms with van der Waals surface area (Å²) < 4.78 is 33.2. The van der Waals surface area contributed by atoms with Gasteiger partial charge in [0.2, 0.25) is 5.91 Å². The number of sulfonamides is 1. The fourth-order valence-electron chi connectivity index (χ4n) is 4.14. The van der Waals surface area contributed by atoms with Gasteiger partial charge in [-0.25, -0.2) is 13.4 Å². The van der Waals surface area contributed by atoms with E-state index in [-0.39, 0.29) is 12.3 Å². The summed E-state index contributed by atoms with van der Waals surface area (Å²) in [5.74, 6) is 1.29. The monoisotopic (exact) mass is 463 g/mol. The van der Waals surface area contributed by atoms with Crippen molar-refractivity contribution in [3.8, 4) is 5.75 Å². The van der Waals surface area contributed by atoms with Crippen molar-refractivity contribution >= 4 is 33.1 Å². The normalized spacial score (nSPS) is 18.2. The fourth-order valence-corrected chi connectivity index (χ4v) is 7.17. The molecule has 0 radical (unpaired) electrons. The van der Waals surface area contributed by atoms with Crippen molar-refractivity contribution in [1.82, 2.24) is 9.29 Å². The predicted molar refractivity (Wildman–Crippen MR) is 121 cm³/mol. The molecule has 9 heteroatoms. The zero-order valence-corrected chi connectivity index (χ0v) is 19.2. The third-order valence-electron chi connectivity index (χ3n) is 5.86. The highest BCUT2D eigenvalue weighted by molar-refractivity contribution is 7.91. The topological polar surface area (TPSA) is 88.6 Å². The van der Waals surface area contributed by atoms with E-state index in [1.54, 1.807) is 24.4 Å². The van der Waals surface area contributed by atoms with Gasteiger partial charge in [0.15, 0.2) is 11.6 Å². The molecule has 2 aliphatic rings. The molecular weight excluding hydrogens is 434 g/mol. The standard InChI is InChI=1S/C22H29N3O4S2/c26-20(15-18-10-11-21(30-18)31(27,28)25-13-4-5-14-25)24-22-19(9-6-12-23-22)29-16-17-7-2-1-3-8-17/h6,9-12,17H,1-5,7-8,13-16H2,(H,23,24,26). The molecule has 7 nitrogen and oxygen atoms in total. The highest BCUT2D eigenvalue weighted by Crippen LogP contribution is 2.29. The number of nitrogens with zero attached hydrogens (tertiary/aromatic N) is 2. The molecule has 1 saturated heterocycles. The molecule has 0 bridgehead atoms. The molecule has 0 unspecified atom stereocenters. The van der Waals surface area contributed by atoms with Crippen molar-refractivity contribution in [1.29, 1.82) is 0 Å². The van der Waals surface area contributed by atoms with Gasteiger partial charge in [-0.05, 0) is 55.9 Å². The van der Waals surface area contributed by atoms with Crippen molar-refractivity contribution in [3.05, 3.63) is 35.3 Å². The zero-order chi connectivity index (χ0) is 21.7. The number of thiophene rings is 1. The van der Waals surface area contributed by atoms with Gasteiger partial charge in [0.25, 0.3) is 10.0 Å². The van der Waals surface area contributed by atoms with Crippen LogP contribution in [0.25, 0.3) is 0 Å². The summed E-state index contributed by atoms with van der Waals surface area (Å²) in [4.78, 5) is 17.6. The molecule has 1 amide bonds. The maximum atomic E-state index is 12.7. The molecular formula is C22H29N3O4S2. The van der Waals surface area contributed by atoms with Gasteiger partial charge in [0, 0.05) is 24.2 Å². The first-order chi connectivity index (χ1) is 15.0. The number of hydrogen-bond acceptors (Lipinski definition) is 6. The number of hydrogen-bond donors (Lipinski definition) is 1. The van der Waals surface area contributed by atoms with Crippen LogP contribution in [0.3, 0.4) is 0 Å². The number of carbonyl (C=O) groups excluding carboxylic acids is 1. The second-order valence-corrected chi connectivity index (χ2v) is 11.6. The predicted octanol–water partition coefficient (Wildman–Crippen LogP) is 4.07. The second kappa shape index (κ2) is 10.1. The molecule has 2 aromatic heterocycles. The van der Waals surface area contributed by atoms with Crippen LogP contribution < -0.4 is 10.1 Å². The number of anilines is 1. The number of aromatic nitrogens is 1. The van der Waals surface area contributed by atoms with Gasteiger partial charge in [-0.1, -0.05) is 19.3 Å². The van der Waals surface area contributed by atoms with E-state index >= 15 is 0 Å². The van der Waals surface area contributed by atoms with Crippen molar-refractivity contribution < 1.29 is 17.9 Å². The van der Waals surface area contributed by atoms with Crippen LogP contribution >= 0.6 is 11.3 Å². The number of amides is 1. The van der Waals surface area contributed by atoms with E-state index in [0.29, 0.717) is 46.3 Å². The second-order valence-electron chi connectivity index (χ2n) is 8.22. The maximum absolute atomic E-state index is 12.7. The Morgan fingerprint density at radius 2 is 1.90 bits per heavy atom. The van der Waals surface area contributed by atoms with Crippen LogP contribution in [-0.2, 0) is 21.2 Å². The molecule has 0 spiro atoms. The van der Waals surface area contributed by atoms with E-state index in [2.05, 4.69) is 10.3 Å². The van der Waals surface area contributed by atoms with Gasteiger partial charge in [-0.3, -0.25) is 4.79 Å². The number of ether oxygens (including phenoxy) is 1. The van der Waals surface area contributed by atoms with E-state index < -0.39 is 10.0 Å². The number of rotatable bonds is 8. The molecule has 2 aromatic rings. The molecule has 0 aromatic carbocycles. The van der Waals surface area contributed by atoms with Crippen molar-refractivity contribution in [2.24, 2.45) is 5.92 Å². The lowest BCUT2D eigenvalue weighted by Gasteiger charge is -2.22. The Hall–Kier alpha value is -1.97. The Labute approximate surface area is 187 Å². The first-order valence-electron chi connectivity index (χ1n) is 11.0. The third kappa shape index (κ3) is 5.64. The molecule has 1 N–H and O–H groups in total. The van der Waals surface area contributed by atoms with Gasteiger partial charge in [-0.15, -0.1) is 11.3 Å². The summed E-state index contributed by atoms with van der Waals surface area (Å²) in [5, 5.41) is 2.82. The SMILES string of the molecule is O=C(Cc1ccc(S(=O)(=O)N2CCCC2)s1)Nc1ncccc1OCC1CCCCC1. The number of nitrogens with one attached hydrogen (secondary N) is 1. The van der Waals surface area contributed by atoms with Gasteiger partial charge >= 0.3 is 0 Å². The Kier molecular flexibility index (Phi) is 7.24. The summed E-state index contributed by atoms with van der Waals surface area (Å²) in [6.45, 7) is 1.77. The van der Waals surface area contributed by atoms with Crippen molar-refractivity contribution in [2.75, 3.05) is 25.0 Å². The van der Waals surface area contributed by atoms with E-state index in [1.165, 1.54) is 36.4 Å². The fraction of sp³-hybridized carbons (Fsp3) is 0.545. The molecule has 1 aliphatic carbocycles. The molecule has 31 heavy (non-hydrogen) atoms. The van der Waals surface area contributed by atoms with Gasteiger partial charge in [0.1, 0.15) is 4.21 Å². The Balaban J connectivity index is 1.35. The molecule has 1 saturated carbocycles. The van der Waals surface area contributed by atoms with Gasteiger partial charge in [0.05, 0.1) is 13.0 Å². The van der Waals surface area contributed by atoms with Crippen LogP contribution in [0.2, 0.25) is 0 Å². The van der Waals surface area contributed by atoms with Crippen LogP contribution in [0.5, 0.6) is 5.75 Å². The number of carbonyl (C=O) groups is 1. The van der Waals surface area contributed by atoms with E-state index in [1.807, 2.05) is 6.07 Å². The molecule has 3 heterocycles. The molecule has 4 rings (SSSR count). The van der Waals surface area contributed by atoms with E-state index in [9.17, 15) is 13.2 Å². The lowest BCUT2D eigenvalue weighted by molar-refractivity contribution is -0.115. The summed E-state index contributed by atoms with van der Waals surface area (Å²) in [6.07, 6.45) is 9.68. The quantitative estimate of drug-likeness (QED) is 0.638. The lowest BCUT2D eigenvalue weighted by Crippen LogP contribution is -2.27. The molecule has 1 aliphatic heterocycles. The van der Waals surface area contributed by atoms with Crippen LogP contribution in [0.15, 0.2) is 34.7 Å². The Morgan fingerprint density at radius 1 is 1.13 bits per heavy atom. The first kappa shape index (κ1) is 22.2. The first-order valence-corrected chi connectivity index (χ1v) is 13.2. The molecule has 168 valence electrons. The smallest absolute Gasteiger partial charge is 0.252 e. The van der Waals surface area contributed by atoms with Crippen LogP contribution in [-0.4, -0.2) is 43.3 Å². The summed E-state index contributed by atoms with van der Waals surface area (Å²) in [6, 6.07) is 6.92. The van der Waals surface area contributed by atoms with Crippen LogP contribution in [0.1, 0.15) is 49.8 Å². The number of pyridine rings is 1. The van der Waals surface area contributed by atoms with Crippen molar-refractivity contribution in [2.45, 2.75) is 55.6 Å². The zero-order valence-electron chi connectivity index (χ0n) is 17.6. The highest BCUT2D eigenvalue weighted by Gasteiger charge is 2.28. The minimum Gasteiger partial charge on any atom is -0.489 e. The summed E-state index contributed by atoms with van der Waals surface area (Å²) >= 11 is 1.16. The third-order valence-corrected chi connectivity index (χ3v) is 9.31. The average molecular weight is 464 g/mol. The highest BCUT2D eigenvalue weighted by atomic mass is 32.2. The summed E-state index contributed by atoms with van der Waals surface area (Å²) in [5.41, 5.74) is 0. The minimum absolute atomic E-state index is 0.0961. The molecule has 0 atom stereocenters. The van der Waals surface area contributed by atoms with E-state index in [0.717, 1.165) is 24.2 Å². The maximum Gasteiger partial charge on any atom is 0.252 e. The Bertz CT molecular complexity index is 994. The largest absolute Gasteiger partial charge is 0.489 e. The van der Waals surface area contributed by atoms with E-state index in [4.69, 9.17) is 4.74 Å². The average Bonchev–Trinajstić information content (AvgIpc) is 3.47. The lowest BCUT2D eigenvalue weighted by atomic mass is 9.90. The van der Waals surface area contributed by atoms with Crippen LogP contribution in [0.4, 0.5) is 5.82 Å². The van der Waals surface area contributed by atoms with Crippen molar-refractivity contribution in [3.63, 3.8) is 0 Å². The van der Waals surface area contributed by atoms with Gasteiger partial charge < -0.3 is 10.1 Å². The van der Waals surface area contributed by atoms with Crippen LogP contribution in [0, 0.1) is 5.92 Å². The van der Waals surface area contributed by atoms with Gasteiger partial charge in [-0.2, -0.15) is 4.31 Å². The Morgan fingerprint density at radius 3 is 2.68 bits per heavy atom.